The molecule has 0 fully saturated rings. The van der Waals surface area contributed by atoms with Crippen molar-refractivity contribution in [1.82, 2.24) is 14.6 Å². The topological polar surface area (TPSA) is 63.0 Å². The minimum absolute atomic E-state index is 0.150. The maximum Gasteiger partial charge on any atom is 0.298 e. The lowest BCUT2D eigenvalue weighted by atomic mass is 9.86. The smallest absolute Gasteiger partial charge is 0.298 e. The Hall–Kier alpha value is -2.73. The predicted molar refractivity (Wildman–Crippen MR) is 127 cm³/mol. The molecule has 0 aliphatic rings. The second kappa shape index (κ2) is 7.84. The van der Waals surface area contributed by atoms with Gasteiger partial charge in [0.2, 0.25) is 0 Å². The number of fused-ring (bicyclic) bond motifs is 3. The molecule has 4 aromatic rings. The van der Waals surface area contributed by atoms with Crippen molar-refractivity contribution in [2.75, 3.05) is 0 Å². The Kier molecular flexibility index (Phi) is 5.36. The molecule has 2 aromatic carbocycles. The number of H-pyrrole nitrogens is 1. The molecule has 0 bridgehead atoms. The summed E-state index contributed by atoms with van der Waals surface area (Å²) in [6.45, 7) is 8.74. The van der Waals surface area contributed by atoms with E-state index in [0.717, 1.165) is 21.8 Å². The molecular formula is C24H25BrN4O. The quantitative estimate of drug-likeness (QED) is 0.396. The number of halogens is 1. The number of hydrogen-bond donors (Lipinski definition) is 1. The van der Waals surface area contributed by atoms with Gasteiger partial charge in [0, 0.05) is 21.6 Å². The Morgan fingerprint density at radius 3 is 2.63 bits per heavy atom. The number of aromatic nitrogens is 3. The fourth-order valence-corrected chi connectivity index (χ4v) is 3.91. The highest BCUT2D eigenvalue weighted by atomic mass is 79.9. The highest BCUT2D eigenvalue weighted by Crippen LogP contribution is 2.25. The summed E-state index contributed by atoms with van der Waals surface area (Å²) in [6, 6.07) is 14.6. The molecule has 0 saturated carbocycles. The van der Waals surface area contributed by atoms with Crippen LogP contribution in [0.5, 0.6) is 0 Å². The van der Waals surface area contributed by atoms with Gasteiger partial charge in [0.05, 0.1) is 0 Å². The van der Waals surface area contributed by atoms with Crippen LogP contribution in [0.3, 0.4) is 0 Å². The third-order valence-corrected chi connectivity index (χ3v) is 5.77. The average molecular weight is 465 g/mol. The van der Waals surface area contributed by atoms with Gasteiger partial charge in [-0.25, -0.2) is 4.98 Å². The number of benzene rings is 2. The van der Waals surface area contributed by atoms with Crippen LogP contribution in [0.2, 0.25) is 0 Å². The van der Waals surface area contributed by atoms with E-state index in [1.807, 2.05) is 24.4 Å². The molecule has 1 N–H and O–H groups in total. The highest BCUT2D eigenvalue weighted by molar-refractivity contribution is 9.10. The molecule has 0 aliphatic carbocycles. The Labute approximate surface area is 184 Å². The van der Waals surface area contributed by atoms with E-state index in [4.69, 9.17) is 0 Å². The zero-order valence-corrected chi connectivity index (χ0v) is 19.2. The van der Waals surface area contributed by atoms with Crippen LogP contribution in [-0.4, -0.2) is 20.9 Å². The highest BCUT2D eigenvalue weighted by Gasteiger charge is 2.13. The summed E-state index contributed by atoms with van der Waals surface area (Å²) in [5.74, 6) is 0.187. The van der Waals surface area contributed by atoms with Crippen molar-refractivity contribution in [3.8, 4) is 0 Å². The van der Waals surface area contributed by atoms with Crippen molar-refractivity contribution in [1.29, 1.82) is 0 Å². The molecule has 0 saturated heterocycles. The van der Waals surface area contributed by atoms with Gasteiger partial charge in [-0.15, -0.1) is 0 Å². The molecule has 0 radical (unpaired) electrons. The van der Waals surface area contributed by atoms with Gasteiger partial charge in [-0.1, -0.05) is 67.9 Å². The van der Waals surface area contributed by atoms with E-state index in [1.54, 1.807) is 0 Å². The van der Waals surface area contributed by atoms with Crippen molar-refractivity contribution < 1.29 is 0 Å². The fourth-order valence-electron chi connectivity index (χ4n) is 3.55. The lowest BCUT2D eigenvalue weighted by molar-refractivity contribution is 0.589. The molecule has 4 rings (SSSR count). The molecule has 0 aliphatic heterocycles. The second-order valence-corrected chi connectivity index (χ2v) is 9.74. The van der Waals surface area contributed by atoms with Crippen LogP contribution in [0.25, 0.3) is 21.9 Å². The third kappa shape index (κ3) is 4.10. The van der Waals surface area contributed by atoms with Crippen molar-refractivity contribution in [3.05, 3.63) is 74.7 Å². The van der Waals surface area contributed by atoms with Gasteiger partial charge >= 0.3 is 0 Å². The Morgan fingerprint density at radius 2 is 1.93 bits per heavy atom. The summed E-state index contributed by atoms with van der Waals surface area (Å²) in [5.41, 5.74) is 4.53. The number of rotatable bonds is 4. The molecule has 30 heavy (non-hydrogen) atoms. The average Bonchev–Trinajstić information content (AvgIpc) is 3.06. The second-order valence-electron chi connectivity index (χ2n) is 8.83. The van der Waals surface area contributed by atoms with E-state index in [9.17, 15) is 4.79 Å². The maximum atomic E-state index is 12.9. The van der Waals surface area contributed by atoms with E-state index in [1.165, 1.54) is 22.1 Å². The first-order valence-electron chi connectivity index (χ1n) is 10.0. The summed E-state index contributed by atoms with van der Waals surface area (Å²) in [7, 11) is 0. The first kappa shape index (κ1) is 20.5. The number of hydrogen-bond acceptors (Lipinski definition) is 3. The van der Waals surface area contributed by atoms with Gasteiger partial charge in [-0.2, -0.15) is 9.78 Å². The standard InChI is InChI=1S/C24H25BrN4O/c1-15(11-16-5-7-17(8-6-16)24(2,3)4)13-27-29-14-26-21-19-12-18(25)9-10-20(19)28-22(21)23(29)30/h5-10,12-15,28H,11H2,1-4H3/b27-13-/t15-/m1/s1. The lowest BCUT2D eigenvalue weighted by Gasteiger charge is -2.19. The van der Waals surface area contributed by atoms with Gasteiger partial charge in [0.1, 0.15) is 17.4 Å². The SMILES string of the molecule is C[C@@H](/C=N\n1cnc2c([nH]c3ccc(Br)cc32)c1=O)Cc1ccc(C(C)(C)C)cc1. The molecule has 5 nitrogen and oxygen atoms in total. The van der Waals surface area contributed by atoms with Crippen molar-refractivity contribution in [3.63, 3.8) is 0 Å². The molecule has 1 atom stereocenters. The Balaban J connectivity index is 1.55. The van der Waals surface area contributed by atoms with E-state index < -0.39 is 0 Å². The van der Waals surface area contributed by atoms with E-state index in [2.05, 4.69) is 83.0 Å². The van der Waals surface area contributed by atoms with Crippen LogP contribution < -0.4 is 5.56 Å². The van der Waals surface area contributed by atoms with E-state index >= 15 is 0 Å². The summed E-state index contributed by atoms with van der Waals surface area (Å²) in [5, 5.41) is 5.30. The zero-order chi connectivity index (χ0) is 21.5. The summed E-state index contributed by atoms with van der Waals surface area (Å²) in [6.07, 6.45) is 4.16. The zero-order valence-electron chi connectivity index (χ0n) is 17.6. The van der Waals surface area contributed by atoms with Crippen LogP contribution in [0, 0.1) is 5.92 Å². The maximum absolute atomic E-state index is 12.9. The normalized spacial score (nSPS) is 13.5. The van der Waals surface area contributed by atoms with E-state index in [-0.39, 0.29) is 16.9 Å². The fraction of sp³-hybridized carbons (Fsp3) is 0.292. The van der Waals surface area contributed by atoms with Crippen LogP contribution in [0.15, 0.2) is 63.2 Å². The summed E-state index contributed by atoms with van der Waals surface area (Å²) < 4.78 is 2.25. The van der Waals surface area contributed by atoms with E-state index in [0.29, 0.717) is 11.0 Å². The third-order valence-electron chi connectivity index (χ3n) is 5.27. The van der Waals surface area contributed by atoms with Gasteiger partial charge in [0.15, 0.2) is 0 Å². The monoisotopic (exact) mass is 464 g/mol. The molecule has 0 amide bonds. The Morgan fingerprint density at radius 1 is 1.20 bits per heavy atom. The van der Waals surface area contributed by atoms with Crippen LogP contribution in [0.4, 0.5) is 0 Å². The Bertz CT molecular complexity index is 1290. The molecule has 154 valence electrons. The minimum Gasteiger partial charge on any atom is -0.349 e. The molecule has 0 unspecified atom stereocenters. The minimum atomic E-state index is -0.203. The molecule has 0 spiro atoms. The van der Waals surface area contributed by atoms with Gasteiger partial charge in [0.25, 0.3) is 5.56 Å². The molecular weight excluding hydrogens is 440 g/mol. The largest absolute Gasteiger partial charge is 0.349 e. The summed E-state index contributed by atoms with van der Waals surface area (Å²) in [4.78, 5) is 20.5. The molecule has 2 heterocycles. The lowest BCUT2D eigenvalue weighted by Crippen LogP contribution is -2.18. The van der Waals surface area contributed by atoms with Gasteiger partial charge in [-0.3, -0.25) is 4.79 Å². The summed E-state index contributed by atoms with van der Waals surface area (Å²) >= 11 is 3.47. The molecule has 6 heteroatoms. The van der Waals surface area contributed by atoms with Gasteiger partial charge in [-0.05, 0) is 47.1 Å². The van der Waals surface area contributed by atoms with Gasteiger partial charge < -0.3 is 4.98 Å². The van der Waals surface area contributed by atoms with Crippen molar-refractivity contribution in [2.24, 2.45) is 11.0 Å². The first-order valence-corrected chi connectivity index (χ1v) is 10.8. The number of nitrogens with one attached hydrogen (secondary N) is 1. The van der Waals surface area contributed by atoms with Crippen LogP contribution >= 0.6 is 15.9 Å². The molecule has 2 aromatic heterocycles. The number of aromatic amines is 1. The number of nitrogens with zero attached hydrogens (tertiary/aromatic N) is 3. The first-order chi connectivity index (χ1) is 14.2. The van der Waals surface area contributed by atoms with Crippen molar-refractivity contribution in [2.45, 2.75) is 39.5 Å². The van der Waals surface area contributed by atoms with Crippen molar-refractivity contribution >= 4 is 44.1 Å². The predicted octanol–water partition coefficient (Wildman–Crippen LogP) is 5.65. The van der Waals surface area contributed by atoms with Crippen LogP contribution in [-0.2, 0) is 11.8 Å². The van der Waals surface area contributed by atoms with Crippen LogP contribution in [0.1, 0.15) is 38.8 Å².